The van der Waals surface area contributed by atoms with Gasteiger partial charge >= 0.3 is 0 Å². The summed E-state index contributed by atoms with van der Waals surface area (Å²) in [5, 5.41) is 6.17. The molecule has 142 valence electrons. The molecule has 4 rings (SSSR count). The fourth-order valence-electron chi connectivity index (χ4n) is 2.87. The average molecular weight is 395 g/mol. The summed E-state index contributed by atoms with van der Waals surface area (Å²) in [6, 6.07) is 9.99. The van der Waals surface area contributed by atoms with Crippen LogP contribution >= 0.6 is 11.6 Å². The van der Waals surface area contributed by atoms with E-state index in [2.05, 4.69) is 25.6 Å². The molecule has 8 nitrogen and oxygen atoms in total. The third kappa shape index (κ3) is 3.46. The van der Waals surface area contributed by atoms with Gasteiger partial charge in [-0.1, -0.05) is 0 Å². The molecule has 0 saturated carbocycles. The summed E-state index contributed by atoms with van der Waals surface area (Å²) >= 11 is 5.97. The minimum atomic E-state index is 0.113. The molecule has 0 amide bonds. The Hall–Kier alpha value is -3.26. The normalized spacial score (nSPS) is 11.0. The van der Waals surface area contributed by atoms with Crippen molar-refractivity contribution in [1.29, 1.82) is 0 Å². The zero-order chi connectivity index (χ0) is 19.8. The van der Waals surface area contributed by atoms with E-state index in [0.29, 0.717) is 11.9 Å². The number of hydrogen-bond donors (Lipinski definition) is 2. The van der Waals surface area contributed by atoms with Crippen molar-refractivity contribution in [3.8, 4) is 0 Å². The summed E-state index contributed by atoms with van der Waals surface area (Å²) in [5.41, 5.74) is 6.22. The third-order valence-corrected chi connectivity index (χ3v) is 4.53. The fraction of sp³-hybridized carbons (Fsp3) is 0.211. The third-order valence-electron chi connectivity index (χ3n) is 4.36. The molecule has 0 bridgehead atoms. The molecule has 28 heavy (non-hydrogen) atoms. The quantitative estimate of drug-likeness (QED) is 0.505. The van der Waals surface area contributed by atoms with Gasteiger partial charge in [0.2, 0.25) is 17.2 Å². The molecule has 0 aliphatic carbocycles. The average Bonchev–Trinajstić information content (AvgIpc) is 2.66. The number of nitrogens with zero attached hydrogens (tertiary/aromatic N) is 6. The van der Waals surface area contributed by atoms with Crippen molar-refractivity contribution >= 4 is 56.9 Å². The Morgan fingerprint density at radius 2 is 1.50 bits per heavy atom. The van der Waals surface area contributed by atoms with Gasteiger partial charge in [-0.25, -0.2) is 9.97 Å². The summed E-state index contributed by atoms with van der Waals surface area (Å²) in [6.45, 7) is 1.99. The van der Waals surface area contributed by atoms with Crippen LogP contribution in [0, 0.1) is 6.92 Å². The maximum absolute atomic E-state index is 5.97. The molecule has 0 spiro atoms. The van der Waals surface area contributed by atoms with Crippen molar-refractivity contribution in [2.75, 3.05) is 36.7 Å². The van der Waals surface area contributed by atoms with Gasteiger partial charge in [0, 0.05) is 32.5 Å². The van der Waals surface area contributed by atoms with E-state index < -0.39 is 0 Å². The first-order chi connectivity index (χ1) is 13.4. The van der Waals surface area contributed by atoms with E-state index in [9.17, 15) is 0 Å². The van der Waals surface area contributed by atoms with E-state index in [1.54, 1.807) is 7.05 Å². The second kappa shape index (κ2) is 7.05. The molecule has 0 saturated heterocycles. The highest BCUT2D eigenvalue weighted by Gasteiger charge is 2.10. The van der Waals surface area contributed by atoms with E-state index in [1.165, 1.54) is 0 Å². The topological polar surface area (TPSA) is 91.8 Å². The molecular weight excluding hydrogens is 376 g/mol. The molecular formula is C19H19ClN8. The number of nitrogens with one attached hydrogen (secondary N) is 2. The van der Waals surface area contributed by atoms with Crippen LogP contribution < -0.4 is 15.5 Å². The van der Waals surface area contributed by atoms with Crippen LogP contribution in [-0.4, -0.2) is 46.1 Å². The second-order valence-electron chi connectivity index (χ2n) is 6.57. The van der Waals surface area contributed by atoms with Gasteiger partial charge in [0.1, 0.15) is 0 Å². The highest BCUT2D eigenvalue weighted by atomic mass is 35.5. The monoisotopic (exact) mass is 394 g/mol. The Bertz CT molecular complexity index is 1190. The van der Waals surface area contributed by atoms with Crippen LogP contribution in [0.2, 0.25) is 5.28 Å². The number of aromatic nitrogens is 5. The SMILES string of the molecule is CNc1nc(Cl)nc(Nc2cc3nc4cc(N(C)C)ccc4nc3cc2C)n1. The number of halogens is 1. The number of anilines is 4. The Labute approximate surface area is 167 Å². The highest BCUT2D eigenvalue weighted by Crippen LogP contribution is 2.27. The lowest BCUT2D eigenvalue weighted by molar-refractivity contribution is 1.05. The van der Waals surface area contributed by atoms with Gasteiger partial charge in [0.05, 0.1) is 22.1 Å². The van der Waals surface area contributed by atoms with Gasteiger partial charge in [0.15, 0.2) is 0 Å². The molecule has 2 aromatic heterocycles. The number of aryl methyl sites for hydroxylation is 1. The van der Waals surface area contributed by atoms with Gasteiger partial charge in [-0.05, 0) is 54.4 Å². The molecule has 2 N–H and O–H groups in total. The molecule has 2 heterocycles. The summed E-state index contributed by atoms with van der Waals surface area (Å²) < 4.78 is 0. The predicted octanol–water partition coefficient (Wildman–Crippen LogP) is 3.78. The van der Waals surface area contributed by atoms with E-state index in [0.717, 1.165) is 39.0 Å². The predicted molar refractivity (Wildman–Crippen MR) is 114 cm³/mol. The lowest BCUT2D eigenvalue weighted by Crippen LogP contribution is -2.08. The smallest absolute Gasteiger partial charge is 0.233 e. The molecule has 0 aliphatic rings. The Morgan fingerprint density at radius 1 is 0.821 bits per heavy atom. The zero-order valence-electron chi connectivity index (χ0n) is 15.9. The van der Waals surface area contributed by atoms with E-state index in [4.69, 9.17) is 21.6 Å². The lowest BCUT2D eigenvalue weighted by Gasteiger charge is -2.13. The first kappa shape index (κ1) is 18.1. The molecule has 0 unspecified atom stereocenters. The van der Waals surface area contributed by atoms with Gasteiger partial charge in [0.25, 0.3) is 0 Å². The Balaban J connectivity index is 1.79. The van der Waals surface area contributed by atoms with Crippen molar-refractivity contribution in [2.45, 2.75) is 6.92 Å². The summed E-state index contributed by atoms with van der Waals surface area (Å²) in [7, 11) is 5.72. The number of benzene rings is 2. The highest BCUT2D eigenvalue weighted by molar-refractivity contribution is 6.28. The zero-order valence-corrected chi connectivity index (χ0v) is 16.7. The minimum absolute atomic E-state index is 0.113. The number of fused-ring (bicyclic) bond motifs is 2. The molecule has 4 aromatic rings. The van der Waals surface area contributed by atoms with Crippen LogP contribution in [0.15, 0.2) is 30.3 Å². The van der Waals surface area contributed by atoms with Crippen LogP contribution in [0.4, 0.5) is 23.3 Å². The minimum Gasteiger partial charge on any atom is -0.378 e. The summed E-state index contributed by atoms with van der Waals surface area (Å²) in [4.78, 5) is 24.0. The fourth-order valence-corrected chi connectivity index (χ4v) is 3.03. The second-order valence-corrected chi connectivity index (χ2v) is 6.91. The molecule has 9 heteroatoms. The first-order valence-electron chi connectivity index (χ1n) is 8.69. The van der Waals surface area contributed by atoms with Gasteiger partial charge < -0.3 is 15.5 Å². The van der Waals surface area contributed by atoms with E-state index in [1.807, 2.05) is 56.3 Å². The molecule has 0 fully saturated rings. The summed E-state index contributed by atoms with van der Waals surface area (Å²) in [5.74, 6) is 0.749. The van der Waals surface area contributed by atoms with Crippen molar-refractivity contribution in [1.82, 2.24) is 24.9 Å². The largest absolute Gasteiger partial charge is 0.378 e. The Morgan fingerprint density at radius 3 is 2.25 bits per heavy atom. The van der Waals surface area contributed by atoms with E-state index >= 15 is 0 Å². The lowest BCUT2D eigenvalue weighted by atomic mass is 10.1. The van der Waals surface area contributed by atoms with Crippen molar-refractivity contribution in [3.05, 3.63) is 41.2 Å². The van der Waals surface area contributed by atoms with Gasteiger partial charge in [-0.2, -0.15) is 15.0 Å². The maximum Gasteiger partial charge on any atom is 0.233 e. The molecule has 0 atom stereocenters. The van der Waals surface area contributed by atoms with Crippen LogP contribution in [0.25, 0.3) is 22.1 Å². The number of rotatable bonds is 4. The van der Waals surface area contributed by atoms with Gasteiger partial charge in [-0.3, -0.25) is 0 Å². The molecule has 2 aromatic carbocycles. The Kier molecular flexibility index (Phi) is 4.56. The van der Waals surface area contributed by atoms with Crippen LogP contribution in [0.5, 0.6) is 0 Å². The van der Waals surface area contributed by atoms with Crippen molar-refractivity contribution in [3.63, 3.8) is 0 Å². The van der Waals surface area contributed by atoms with Crippen LogP contribution in [0.1, 0.15) is 5.56 Å². The number of hydrogen-bond acceptors (Lipinski definition) is 8. The first-order valence-corrected chi connectivity index (χ1v) is 9.06. The van der Waals surface area contributed by atoms with E-state index in [-0.39, 0.29) is 5.28 Å². The summed E-state index contributed by atoms with van der Waals surface area (Å²) in [6.07, 6.45) is 0. The van der Waals surface area contributed by atoms with Crippen LogP contribution in [0.3, 0.4) is 0 Å². The van der Waals surface area contributed by atoms with Gasteiger partial charge in [-0.15, -0.1) is 0 Å². The molecule has 0 aliphatic heterocycles. The standard InChI is InChI=1S/C19H19ClN8/c1-10-7-14-16(23-15-8-11(28(3)4)5-6-12(15)22-14)9-13(10)24-19-26-17(20)25-18(21-2)27-19/h5-9H,1-4H3,(H2,21,24,25,26,27). The van der Waals surface area contributed by atoms with Crippen molar-refractivity contribution in [2.24, 2.45) is 0 Å². The maximum atomic E-state index is 5.97. The molecule has 0 radical (unpaired) electrons. The van der Waals surface area contributed by atoms with Crippen molar-refractivity contribution < 1.29 is 0 Å². The van der Waals surface area contributed by atoms with Crippen LogP contribution in [-0.2, 0) is 0 Å².